The third-order valence-corrected chi connectivity index (χ3v) is 4.43. The van der Waals surface area contributed by atoms with Crippen molar-refractivity contribution in [1.82, 2.24) is 0 Å². The molecule has 1 heterocycles. The molecule has 0 unspecified atom stereocenters. The first kappa shape index (κ1) is 14.8. The Bertz CT molecular complexity index is 723. The van der Waals surface area contributed by atoms with Crippen LogP contribution in [0.5, 0.6) is 0 Å². The van der Waals surface area contributed by atoms with Crippen LogP contribution in [0.3, 0.4) is 0 Å². The van der Waals surface area contributed by atoms with E-state index in [4.69, 9.17) is 0 Å². The fourth-order valence-corrected chi connectivity index (χ4v) is 3.52. The summed E-state index contributed by atoms with van der Waals surface area (Å²) in [6.45, 7) is 6.25. The van der Waals surface area contributed by atoms with Crippen LogP contribution in [0.15, 0.2) is 48.5 Å². The molecule has 114 valence electrons. The van der Waals surface area contributed by atoms with Gasteiger partial charge in [-0.05, 0) is 49.9 Å². The van der Waals surface area contributed by atoms with Crippen LogP contribution >= 0.6 is 0 Å². The maximum Gasteiger partial charge on any atom is 0.261 e. The maximum atomic E-state index is 14.1. The highest BCUT2D eigenvalue weighted by molar-refractivity contribution is 6.08. The SMILES string of the molecule is C[C@@H]1CC(C)(C)N(C(=O)c2ccccc2F)c2ccccc21. The fourth-order valence-electron chi connectivity index (χ4n) is 3.52. The summed E-state index contributed by atoms with van der Waals surface area (Å²) in [5, 5.41) is 0. The fraction of sp³-hybridized carbons (Fsp3) is 0.316. The van der Waals surface area contributed by atoms with Gasteiger partial charge in [-0.15, -0.1) is 0 Å². The third-order valence-electron chi connectivity index (χ3n) is 4.43. The van der Waals surface area contributed by atoms with Gasteiger partial charge in [0.1, 0.15) is 5.82 Å². The Balaban J connectivity index is 2.14. The summed E-state index contributed by atoms with van der Waals surface area (Å²) in [5.41, 5.74) is 1.80. The van der Waals surface area contributed by atoms with Crippen LogP contribution in [0.2, 0.25) is 0 Å². The van der Waals surface area contributed by atoms with Gasteiger partial charge in [-0.3, -0.25) is 4.79 Å². The highest BCUT2D eigenvalue weighted by Crippen LogP contribution is 2.43. The van der Waals surface area contributed by atoms with Crippen molar-refractivity contribution < 1.29 is 9.18 Å². The van der Waals surface area contributed by atoms with Gasteiger partial charge in [0.25, 0.3) is 5.91 Å². The smallest absolute Gasteiger partial charge is 0.261 e. The van der Waals surface area contributed by atoms with E-state index in [1.165, 1.54) is 6.07 Å². The lowest BCUT2D eigenvalue weighted by Gasteiger charge is -2.46. The van der Waals surface area contributed by atoms with E-state index < -0.39 is 5.82 Å². The quantitative estimate of drug-likeness (QED) is 0.743. The number of hydrogen-bond acceptors (Lipinski definition) is 1. The van der Waals surface area contributed by atoms with Crippen molar-refractivity contribution in [3.63, 3.8) is 0 Å². The van der Waals surface area contributed by atoms with Crippen molar-refractivity contribution in [3.05, 3.63) is 65.5 Å². The lowest BCUT2D eigenvalue weighted by atomic mass is 9.79. The van der Waals surface area contributed by atoms with Crippen LogP contribution in [0.25, 0.3) is 0 Å². The van der Waals surface area contributed by atoms with Crippen molar-refractivity contribution in [2.24, 2.45) is 0 Å². The van der Waals surface area contributed by atoms with Crippen molar-refractivity contribution in [2.45, 2.75) is 38.6 Å². The topological polar surface area (TPSA) is 20.3 Å². The monoisotopic (exact) mass is 297 g/mol. The van der Waals surface area contributed by atoms with Gasteiger partial charge < -0.3 is 4.90 Å². The number of hydrogen-bond donors (Lipinski definition) is 0. The Morgan fingerprint density at radius 3 is 2.50 bits per heavy atom. The molecule has 1 amide bonds. The molecule has 3 rings (SSSR count). The summed E-state index contributed by atoms with van der Waals surface area (Å²) in [6, 6.07) is 14.1. The minimum atomic E-state index is -0.473. The summed E-state index contributed by atoms with van der Waals surface area (Å²) < 4.78 is 14.1. The van der Waals surface area contributed by atoms with E-state index in [9.17, 15) is 9.18 Å². The minimum absolute atomic E-state index is 0.125. The summed E-state index contributed by atoms with van der Waals surface area (Å²) in [7, 11) is 0. The largest absolute Gasteiger partial charge is 0.302 e. The van der Waals surface area contributed by atoms with Gasteiger partial charge >= 0.3 is 0 Å². The number of halogens is 1. The summed E-state index contributed by atoms with van der Waals surface area (Å²) in [4.78, 5) is 14.7. The standard InChI is InChI=1S/C19H20FNO/c1-13-12-19(2,3)21(17-11-7-5-8-14(13)17)18(22)15-9-4-6-10-16(15)20/h4-11,13H,12H2,1-3H3/t13-/m1/s1. The number of rotatable bonds is 1. The molecular weight excluding hydrogens is 277 g/mol. The molecule has 0 aliphatic carbocycles. The number of anilines is 1. The van der Waals surface area contributed by atoms with Crippen molar-refractivity contribution >= 4 is 11.6 Å². The molecule has 0 bridgehead atoms. The average molecular weight is 297 g/mol. The van der Waals surface area contributed by atoms with Crippen LogP contribution in [-0.2, 0) is 0 Å². The van der Waals surface area contributed by atoms with E-state index in [1.807, 2.05) is 32.0 Å². The molecule has 1 aliphatic heterocycles. The minimum Gasteiger partial charge on any atom is -0.302 e. The lowest BCUT2D eigenvalue weighted by molar-refractivity contribution is 0.0950. The van der Waals surface area contributed by atoms with Crippen LogP contribution < -0.4 is 4.90 Å². The van der Waals surface area contributed by atoms with Crippen LogP contribution in [0.1, 0.15) is 49.0 Å². The first-order valence-electron chi connectivity index (χ1n) is 7.60. The van der Waals surface area contributed by atoms with Gasteiger partial charge in [-0.1, -0.05) is 37.3 Å². The second-order valence-electron chi connectivity index (χ2n) is 6.60. The first-order chi connectivity index (χ1) is 10.4. The number of nitrogens with zero attached hydrogens (tertiary/aromatic N) is 1. The average Bonchev–Trinajstić information content (AvgIpc) is 2.46. The molecule has 2 aromatic carbocycles. The molecule has 22 heavy (non-hydrogen) atoms. The Morgan fingerprint density at radius 2 is 1.77 bits per heavy atom. The van der Waals surface area contributed by atoms with Crippen LogP contribution in [0.4, 0.5) is 10.1 Å². The highest BCUT2D eigenvalue weighted by atomic mass is 19.1. The molecular formula is C19H20FNO. The Hall–Kier alpha value is -2.16. The van der Waals surface area contributed by atoms with Crippen LogP contribution in [0, 0.1) is 5.82 Å². The molecule has 0 spiro atoms. The van der Waals surface area contributed by atoms with E-state index in [1.54, 1.807) is 23.1 Å². The molecule has 0 saturated heterocycles. The second kappa shape index (κ2) is 5.24. The number of para-hydroxylation sites is 1. The van der Waals surface area contributed by atoms with E-state index in [2.05, 4.69) is 13.0 Å². The molecule has 0 aromatic heterocycles. The number of carbonyl (C=O) groups excluding carboxylic acids is 1. The van der Waals surface area contributed by atoms with Crippen molar-refractivity contribution in [1.29, 1.82) is 0 Å². The molecule has 0 N–H and O–H groups in total. The zero-order valence-corrected chi connectivity index (χ0v) is 13.1. The Labute approximate surface area is 130 Å². The van der Waals surface area contributed by atoms with E-state index >= 15 is 0 Å². The number of carbonyl (C=O) groups is 1. The zero-order chi connectivity index (χ0) is 15.9. The molecule has 2 aromatic rings. The van der Waals surface area contributed by atoms with Gasteiger partial charge in [0.2, 0.25) is 0 Å². The van der Waals surface area contributed by atoms with Gasteiger partial charge in [0, 0.05) is 11.2 Å². The Kier molecular flexibility index (Phi) is 3.51. The molecule has 1 atom stereocenters. The maximum absolute atomic E-state index is 14.1. The summed E-state index contributed by atoms with van der Waals surface area (Å²) in [5.74, 6) is -0.377. The van der Waals surface area contributed by atoms with Gasteiger partial charge in [0.05, 0.1) is 5.56 Å². The molecule has 0 fully saturated rings. The van der Waals surface area contributed by atoms with Gasteiger partial charge in [0.15, 0.2) is 0 Å². The third kappa shape index (κ3) is 2.31. The Morgan fingerprint density at radius 1 is 1.14 bits per heavy atom. The van der Waals surface area contributed by atoms with E-state index in [-0.39, 0.29) is 17.0 Å². The number of fused-ring (bicyclic) bond motifs is 1. The second-order valence-corrected chi connectivity index (χ2v) is 6.60. The van der Waals surface area contributed by atoms with Gasteiger partial charge in [-0.2, -0.15) is 0 Å². The van der Waals surface area contributed by atoms with E-state index in [0.29, 0.717) is 5.92 Å². The predicted octanol–water partition coefficient (Wildman–Crippen LogP) is 4.76. The summed E-state index contributed by atoms with van der Waals surface area (Å²) >= 11 is 0. The first-order valence-corrected chi connectivity index (χ1v) is 7.60. The van der Waals surface area contributed by atoms with Crippen molar-refractivity contribution in [3.8, 4) is 0 Å². The van der Waals surface area contributed by atoms with Crippen LogP contribution in [-0.4, -0.2) is 11.4 Å². The molecule has 0 saturated carbocycles. The zero-order valence-electron chi connectivity index (χ0n) is 13.1. The van der Waals surface area contributed by atoms with Gasteiger partial charge in [-0.25, -0.2) is 4.39 Å². The molecule has 3 heteroatoms. The summed E-state index contributed by atoms with van der Waals surface area (Å²) in [6.07, 6.45) is 0.851. The van der Waals surface area contributed by atoms with Crippen molar-refractivity contribution in [2.75, 3.05) is 4.90 Å². The predicted molar refractivity (Wildman–Crippen MR) is 86.8 cm³/mol. The molecule has 2 nitrogen and oxygen atoms in total. The number of benzene rings is 2. The lowest BCUT2D eigenvalue weighted by Crippen LogP contribution is -2.51. The molecule has 0 radical (unpaired) electrons. The molecule has 1 aliphatic rings. The number of amides is 1. The van der Waals surface area contributed by atoms with E-state index in [0.717, 1.165) is 17.7 Å². The normalized spacial score (nSPS) is 19.6. The highest BCUT2D eigenvalue weighted by Gasteiger charge is 2.40.